The van der Waals surface area contributed by atoms with Crippen LogP contribution in [0, 0.1) is 0 Å². The second-order valence-electron chi connectivity index (χ2n) is 21.2. The molecule has 0 N–H and O–H groups in total. The standard InChI is InChI=1S/C75H63N3/c1-10-28-55(29-11-1)46-76-49-64-66(51-76)72(60-38-20-6-21-39-60)74(62-42-24-8-25-43-62)68(70(64)58-34-16-4-17-35-58)53-78(48-57-32-14-3-15-33-57)54-69-71(59-36-18-5-19-37-59)65-50-77(47-56-30-12-2-13-31-56)52-67(65)73(61-40-22-7-23-41-61)75(69)63-44-26-9-27-45-63/h1-45H,46-54H2. The van der Waals surface area contributed by atoms with Crippen molar-refractivity contribution in [2.75, 3.05) is 0 Å². The van der Waals surface area contributed by atoms with Crippen molar-refractivity contribution in [3.63, 3.8) is 0 Å². The number of benzene rings is 11. The van der Waals surface area contributed by atoms with Gasteiger partial charge in [0.05, 0.1) is 0 Å². The molecule has 0 amide bonds. The Kier molecular flexibility index (Phi) is 14.1. The lowest BCUT2D eigenvalue weighted by Crippen LogP contribution is -2.25. The Morgan fingerprint density at radius 3 is 0.756 bits per heavy atom. The van der Waals surface area contributed by atoms with Crippen molar-refractivity contribution in [3.05, 3.63) is 323 Å². The van der Waals surface area contributed by atoms with E-state index in [1.807, 2.05) is 0 Å². The maximum absolute atomic E-state index is 2.79. The van der Waals surface area contributed by atoms with Gasteiger partial charge in [0.15, 0.2) is 0 Å². The van der Waals surface area contributed by atoms with E-state index in [2.05, 4.69) is 288 Å². The van der Waals surface area contributed by atoms with E-state index in [1.54, 1.807) is 0 Å². The summed E-state index contributed by atoms with van der Waals surface area (Å²) in [4.78, 5) is 8.11. The fourth-order valence-corrected chi connectivity index (χ4v) is 12.8. The van der Waals surface area contributed by atoms with Crippen LogP contribution < -0.4 is 0 Å². The first-order chi connectivity index (χ1) is 38.7. The maximum Gasteiger partial charge on any atom is 0.0253 e. The van der Waals surface area contributed by atoms with Crippen LogP contribution in [0.15, 0.2) is 273 Å². The third kappa shape index (κ3) is 10.1. The molecule has 11 aromatic carbocycles. The highest BCUT2D eigenvalue weighted by Crippen LogP contribution is 2.52. The Bertz CT molecular complexity index is 3540. The van der Waals surface area contributed by atoms with Crippen molar-refractivity contribution in [2.24, 2.45) is 0 Å². The third-order valence-electron chi connectivity index (χ3n) is 16.1. The lowest BCUT2D eigenvalue weighted by atomic mass is 9.79. The van der Waals surface area contributed by atoms with Crippen LogP contribution in [0.2, 0.25) is 0 Å². The minimum atomic E-state index is 0.704. The summed E-state index contributed by atoms with van der Waals surface area (Å²) in [7, 11) is 0. The minimum absolute atomic E-state index is 0.704. The molecule has 78 heavy (non-hydrogen) atoms. The third-order valence-corrected chi connectivity index (χ3v) is 16.1. The maximum atomic E-state index is 2.79. The molecule has 378 valence electrons. The molecule has 0 aromatic heterocycles. The molecule has 0 saturated carbocycles. The summed E-state index contributed by atoms with van der Waals surface area (Å²) in [5, 5.41) is 0. The average molecular weight is 1010 g/mol. The van der Waals surface area contributed by atoms with Gasteiger partial charge in [-0.15, -0.1) is 0 Å². The van der Waals surface area contributed by atoms with Crippen molar-refractivity contribution < 1.29 is 0 Å². The lowest BCUT2D eigenvalue weighted by Gasteiger charge is -2.32. The first-order valence-corrected chi connectivity index (χ1v) is 27.7. The average Bonchev–Trinajstić information content (AvgIpc) is 4.21. The van der Waals surface area contributed by atoms with Crippen LogP contribution in [-0.4, -0.2) is 14.7 Å². The number of hydrogen-bond acceptors (Lipinski definition) is 3. The van der Waals surface area contributed by atoms with Gasteiger partial charge in [-0.25, -0.2) is 0 Å². The van der Waals surface area contributed by atoms with Crippen LogP contribution in [-0.2, 0) is 58.9 Å². The monoisotopic (exact) mass is 1010 g/mol. The molecule has 3 nitrogen and oxygen atoms in total. The fraction of sp³-hybridized carbons (Fsp3) is 0.120. The van der Waals surface area contributed by atoms with Crippen LogP contribution in [0.4, 0.5) is 0 Å². The summed E-state index contributed by atoms with van der Waals surface area (Å²) in [6, 6.07) is 101. The zero-order valence-corrected chi connectivity index (χ0v) is 44.2. The van der Waals surface area contributed by atoms with E-state index in [0.717, 1.165) is 45.8 Å². The summed E-state index contributed by atoms with van der Waals surface area (Å²) in [6.45, 7) is 7.36. The van der Waals surface area contributed by atoms with E-state index in [-0.39, 0.29) is 0 Å². The molecule has 3 heteroatoms. The highest BCUT2D eigenvalue weighted by molar-refractivity contribution is 5.97. The first kappa shape index (κ1) is 48.9. The molecule has 0 radical (unpaired) electrons. The zero-order chi connectivity index (χ0) is 52.0. The summed E-state index contributed by atoms with van der Waals surface area (Å²) >= 11 is 0. The van der Waals surface area contributed by atoms with Crippen molar-refractivity contribution in [1.29, 1.82) is 0 Å². The van der Waals surface area contributed by atoms with E-state index in [0.29, 0.717) is 13.1 Å². The van der Waals surface area contributed by atoms with E-state index in [1.165, 1.54) is 117 Å². The van der Waals surface area contributed by atoms with Gasteiger partial charge in [0.25, 0.3) is 0 Å². The van der Waals surface area contributed by atoms with Gasteiger partial charge < -0.3 is 0 Å². The molecular weight excluding hydrogens is 943 g/mol. The van der Waals surface area contributed by atoms with Gasteiger partial charge in [-0.1, -0.05) is 273 Å². The molecule has 0 atom stereocenters. The zero-order valence-electron chi connectivity index (χ0n) is 44.2. The molecule has 0 fully saturated rings. The van der Waals surface area contributed by atoms with Gasteiger partial charge in [0.2, 0.25) is 0 Å². The van der Waals surface area contributed by atoms with E-state index in [4.69, 9.17) is 0 Å². The molecule has 2 aliphatic heterocycles. The Hall–Kier alpha value is -8.70. The van der Waals surface area contributed by atoms with Gasteiger partial charge in [0, 0.05) is 58.9 Å². The molecule has 11 aromatic rings. The van der Waals surface area contributed by atoms with Crippen molar-refractivity contribution in [3.8, 4) is 66.8 Å². The minimum Gasteiger partial charge on any atom is -0.291 e. The van der Waals surface area contributed by atoms with Crippen LogP contribution in [0.3, 0.4) is 0 Å². The molecular formula is C75H63N3. The Morgan fingerprint density at radius 1 is 0.231 bits per heavy atom. The quantitative estimate of drug-likeness (QED) is 0.0955. The Balaban J connectivity index is 1.08. The van der Waals surface area contributed by atoms with Crippen LogP contribution in [0.25, 0.3) is 66.8 Å². The van der Waals surface area contributed by atoms with Crippen molar-refractivity contribution >= 4 is 0 Å². The number of fused-ring (bicyclic) bond motifs is 2. The van der Waals surface area contributed by atoms with Crippen molar-refractivity contribution in [2.45, 2.75) is 58.9 Å². The molecule has 0 spiro atoms. The SMILES string of the molecule is c1ccc(CN2Cc3c(c(-c4ccccc4)c(-c4ccccc4)c(CN(Cc4ccccc4)Cc4c(-c5ccccc5)c5c(c(-c6ccccc6)c4-c4ccccc4)CN(Cc4ccccc4)C5)c3-c3ccccc3)C2)cc1. The number of nitrogens with zero attached hydrogens (tertiary/aromatic N) is 3. The molecule has 2 aliphatic rings. The molecule has 2 heterocycles. The molecule has 0 bridgehead atoms. The largest absolute Gasteiger partial charge is 0.291 e. The fourth-order valence-electron chi connectivity index (χ4n) is 12.8. The topological polar surface area (TPSA) is 9.72 Å². The van der Waals surface area contributed by atoms with E-state index in [9.17, 15) is 0 Å². The lowest BCUT2D eigenvalue weighted by molar-refractivity contribution is 0.249. The smallest absolute Gasteiger partial charge is 0.0253 e. The summed E-state index contributed by atoms with van der Waals surface area (Å²) in [5.74, 6) is 0. The number of rotatable bonds is 16. The van der Waals surface area contributed by atoms with E-state index < -0.39 is 0 Å². The van der Waals surface area contributed by atoms with Gasteiger partial charge in [-0.2, -0.15) is 0 Å². The van der Waals surface area contributed by atoms with Crippen LogP contribution >= 0.6 is 0 Å². The normalized spacial score (nSPS) is 13.2. The molecule has 0 aliphatic carbocycles. The van der Waals surface area contributed by atoms with Crippen molar-refractivity contribution in [1.82, 2.24) is 14.7 Å². The second kappa shape index (κ2) is 22.5. The predicted molar refractivity (Wildman–Crippen MR) is 324 cm³/mol. The van der Waals surface area contributed by atoms with E-state index >= 15 is 0 Å². The second-order valence-corrected chi connectivity index (χ2v) is 21.2. The van der Waals surface area contributed by atoms with Crippen LogP contribution in [0.1, 0.15) is 50.1 Å². The van der Waals surface area contributed by atoms with Gasteiger partial charge >= 0.3 is 0 Å². The Labute approximate surface area is 461 Å². The highest BCUT2D eigenvalue weighted by Gasteiger charge is 2.35. The first-order valence-electron chi connectivity index (χ1n) is 27.7. The predicted octanol–water partition coefficient (Wildman–Crippen LogP) is 17.9. The summed E-state index contributed by atoms with van der Waals surface area (Å²) in [5.41, 5.74) is 28.0. The molecule has 0 saturated heterocycles. The van der Waals surface area contributed by atoms with Gasteiger partial charge in [0.1, 0.15) is 0 Å². The summed E-state index contributed by atoms with van der Waals surface area (Å²) < 4.78 is 0. The Morgan fingerprint density at radius 2 is 0.462 bits per heavy atom. The molecule has 0 unspecified atom stereocenters. The van der Waals surface area contributed by atoms with Gasteiger partial charge in [-0.3, -0.25) is 14.7 Å². The highest BCUT2D eigenvalue weighted by atomic mass is 15.2. The molecule has 13 rings (SSSR count). The van der Waals surface area contributed by atoms with Gasteiger partial charge in [-0.05, 0) is 117 Å². The summed E-state index contributed by atoms with van der Waals surface area (Å²) in [6.07, 6.45) is 0. The number of hydrogen-bond donors (Lipinski definition) is 0. The van der Waals surface area contributed by atoms with Crippen LogP contribution in [0.5, 0.6) is 0 Å².